The summed E-state index contributed by atoms with van der Waals surface area (Å²) < 4.78 is 5.32. The monoisotopic (exact) mass is 370 g/mol. The van der Waals surface area contributed by atoms with E-state index >= 15 is 0 Å². The van der Waals surface area contributed by atoms with Crippen LogP contribution in [0.25, 0.3) is 0 Å². The number of nitrogens with one attached hydrogen (secondary N) is 1. The molecule has 1 aliphatic heterocycles. The number of aliphatic hydroxyl groups is 1. The van der Waals surface area contributed by atoms with E-state index in [1.165, 1.54) is 16.2 Å². The minimum atomic E-state index is -0.799. The van der Waals surface area contributed by atoms with Crippen LogP contribution < -0.4 is 5.32 Å². The van der Waals surface area contributed by atoms with Crippen molar-refractivity contribution in [3.8, 4) is 0 Å². The van der Waals surface area contributed by atoms with Crippen molar-refractivity contribution in [2.24, 2.45) is 0 Å². The third-order valence-corrected chi connectivity index (χ3v) is 4.77. The molecule has 1 saturated heterocycles. The number of amides is 2. The average Bonchev–Trinajstić information content (AvgIpc) is 3.02. The Labute approximate surface area is 151 Å². The molecule has 2 amide bonds. The van der Waals surface area contributed by atoms with Gasteiger partial charge in [0.2, 0.25) is 11.0 Å². The fourth-order valence-corrected chi connectivity index (χ4v) is 3.15. The summed E-state index contributed by atoms with van der Waals surface area (Å²) in [7, 11) is 0. The fourth-order valence-electron chi connectivity index (χ4n) is 2.35. The van der Waals surface area contributed by atoms with Crippen LogP contribution in [-0.2, 0) is 14.9 Å². The van der Waals surface area contributed by atoms with Crippen molar-refractivity contribution in [1.29, 1.82) is 0 Å². The third kappa shape index (κ3) is 5.12. The lowest BCUT2D eigenvalue weighted by atomic mass is 9.98. The Morgan fingerprint density at radius 1 is 1.24 bits per heavy atom. The number of carbonyl (C=O) groups excluding carboxylic acids is 2. The molecular weight excluding hydrogens is 344 g/mol. The number of hydrogen-bond acceptors (Lipinski definition) is 7. The molecule has 1 aliphatic rings. The zero-order valence-corrected chi connectivity index (χ0v) is 16.3. The van der Waals surface area contributed by atoms with Gasteiger partial charge >= 0.3 is 6.09 Å². The molecule has 1 fully saturated rings. The Morgan fingerprint density at radius 3 is 2.40 bits per heavy atom. The lowest BCUT2D eigenvalue weighted by molar-refractivity contribution is -0.120. The van der Waals surface area contributed by atoms with E-state index in [0.717, 1.165) is 5.01 Å². The zero-order valence-electron chi connectivity index (χ0n) is 15.5. The Balaban J connectivity index is 2.08. The van der Waals surface area contributed by atoms with Gasteiger partial charge in [-0.25, -0.2) is 4.79 Å². The second kappa shape index (κ2) is 6.87. The van der Waals surface area contributed by atoms with Gasteiger partial charge in [0.1, 0.15) is 16.7 Å². The van der Waals surface area contributed by atoms with E-state index < -0.39 is 29.7 Å². The molecule has 0 radical (unpaired) electrons. The van der Waals surface area contributed by atoms with Gasteiger partial charge in [-0.3, -0.25) is 15.0 Å². The van der Waals surface area contributed by atoms with Crippen LogP contribution in [0.1, 0.15) is 53.0 Å². The summed E-state index contributed by atoms with van der Waals surface area (Å²) in [4.78, 5) is 26.1. The van der Waals surface area contributed by atoms with Gasteiger partial charge in [0.05, 0.1) is 12.6 Å². The minimum Gasteiger partial charge on any atom is -0.444 e. The van der Waals surface area contributed by atoms with Gasteiger partial charge in [0.15, 0.2) is 0 Å². The first kappa shape index (κ1) is 19.6. The molecule has 0 bridgehead atoms. The Bertz CT molecular complexity index is 647. The molecule has 0 unspecified atom stereocenters. The molecule has 8 nitrogen and oxygen atoms in total. The molecule has 2 atom stereocenters. The molecule has 2 heterocycles. The molecule has 1 aromatic rings. The Morgan fingerprint density at radius 2 is 1.88 bits per heavy atom. The van der Waals surface area contributed by atoms with Crippen LogP contribution in [-0.4, -0.2) is 56.5 Å². The molecule has 140 valence electrons. The maximum Gasteiger partial charge on any atom is 0.411 e. The minimum absolute atomic E-state index is 0.0658. The molecule has 0 aliphatic carbocycles. The van der Waals surface area contributed by atoms with Crippen molar-refractivity contribution in [2.75, 3.05) is 11.9 Å². The van der Waals surface area contributed by atoms with E-state index in [0.29, 0.717) is 5.13 Å². The number of aliphatic hydroxyl groups excluding tert-OH is 1. The second-order valence-corrected chi connectivity index (χ2v) is 9.17. The van der Waals surface area contributed by atoms with Crippen molar-refractivity contribution in [3.05, 3.63) is 5.01 Å². The molecule has 1 aromatic heterocycles. The SMILES string of the molecule is CC(C)(C)OC(=O)N1C[C@H](O)C[C@H]1C(=O)Nc1nnc(C(C)(C)C)s1. The lowest BCUT2D eigenvalue weighted by Gasteiger charge is -2.27. The van der Waals surface area contributed by atoms with Crippen LogP contribution >= 0.6 is 11.3 Å². The molecular formula is C16H26N4O4S. The van der Waals surface area contributed by atoms with Crippen LogP contribution in [0.4, 0.5) is 9.93 Å². The Kier molecular flexibility index (Phi) is 5.38. The topological polar surface area (TPSA) is 105 Å². The summed E-state index contributed by atoms with van der Waals surface area (Å²) in [5.41, 5.74) is -0.834. The predicted octanol–water partition coefficient (Wildman–Crippen LogP) is 2.14. The smallest absolute Gasteiger partial charge is 0.411 e. The van der Waals surface area contributed by atoms with Crippen molar-refractivity contribution in [2.45, 2.75) is 71.1 Å². The summed E-state index contributed by atoms with van der Waals surface area (Å²) in [5.74, 6) is -0.404. The molecule has 0 aromatic carbocycles. The van der Waals surface area contributed by atoms with E-state index in [-0.39, 0.29) is 18.4 Å². The van der Waals surface area contributed by atoms with Gasteiger partial charge in [0, 0.05) is 11.8 Å². The molecule has 9 heteroatoms. The highest BCUT2D eigenvalue weighted by atomic mass is 32.1. The molecule has 2 N–H and O–H groups in total. The van der Waals surface area contributed by atoms with Crippen molar-refractivity contribution in [1.82, 2.24) is 15.1 Å². The van der Waals surface area contributed by atoms with Gasteiger partial charge in [-0.2, -0.15) is 0 Å². The number of hydrogen-bond donors (Lipinski definition) is 2. The van der Waals surface area contributed by atoms with Gasteiger partial charge in [-0.15, -0.1) is 10.2 Å². The molecule has 25 heavy (non-hydrogen) atoms. The van der Waals surface area contributed by atoms with Crippen molar-refractivity contribution >= 4 is 28.5 Å². The third-order valence-electron chi connectivity index (χ3n) is 3.51. The van der Waals surface area contributed by atoms with E-state index in [9.17, 15) is 14.7 Å². The van der Waals surface area contributed by atoms with E-state index in [2.05, 4.69) is 15.5 Å². The predicted molar refractivity (Wildman–Crippen MR) is 94.6 cm³/mol. The van der Waals surface area contributed by atoms with Crippen LogP contribution in [0.15, 0.2) is 0 Å². The molecule has 0 spiro atoms. The lowest BCUT2D eigenvalue weighted by Crippen LogP contribution is -2.45. The first-order valence-electron chi connectivity index (χ1n) is 8.19. The van der Waals surface area contributed by atoms with E-state index in [4.69, 9.17) is 4.74 Å². The number of rotatable bonds is 2. The second-order valence-electron chi connectivity index (χ2n) is 8.19. The van der Waals surface area contributed by atoms with Crippen LogP contribution in [0.3, 0.4) is 0 Å². The first-order valence-corrected chi connectivity index (χ1v) is 9.01. The van der Waals surface area contributed by atoms with Crippen molar-refractivity contribution < 1.29 is 19.4 Å². The average molecular weight is 370 g/mol. The van der Waals surface area contributed by atoms with Gasteiger partial charge < -0.3 is 9.84 Å². The van der Waals surface area contributed by atoms with Gasteiger partial charge in [-0.1, -0.05) is 32.1 Å². The molecule has 0 saturated carbocycles. The zero-order chi connectivity index (χ0) is 19.0. The molecule has 2 rings (SSSR count). The maximum atomic E-state index is 12.6. The van der Waals surface area contributed by atoms with Crippen LogP contribution in [0, 0.1) is 0 Å². The van der Waals surface area contributed by atoms with E-state index in [1.54, 1.807) is 20.8 Å². The summed E-state index contributed by atoms with van der Waals surface area (Å²) in [5, 5.41) is 21.8. The fraction of sp³-hybridized carbons (Fsp3) is 0.750. The summed E-state index contributed by atoms with van der Waals surface area (Å²) in [6.07, 6.45) is -1.21. The number of carbonyl (C=O) groups is 2. The number of nitrogens with zero attached hydrogens (tertiary/aromatic N) is 3. The number of anilines is 1. The van der Waals surface area contributed by atoms with Crippen LogP contribution in [0.5, 0.6) is 0 Å². The Hall–Kier alpha value is -1.74. The number of ether oxygens (including phenoxy) is 1. The van der Waals surface area contributed by atoms with E-state index in [1.807, 2.05) is 20.8 Å². The summed E-state index contributed by atoms with van der Waals surface area (Å²) >= 11 is 1.30. The quantitative estimate of drug-likeness (QED) is 0.826. The largest absolute Gasteiger partial charge is 0.444 e. The highest BCUT2D eigenvalue weighted by molar-refractivity contribution is 7.15. The number of β-amino-alcohol motifs (C(OH)–C–C–N with tert-alkyl or cyclic N) is 1. The summed E-state index contributed by atoms with van der Waals surface area (Å²) in [6.45, 7) is 11.4. The number of likely N-dealkylation sites (tertiary alicyclic amines) is 1. The van der Waals surface area contributed by atoms with Crippen LogP contribution in [0.2, 0.25) is 0 Å². The number of aromatic nitrogens is 2. The normalized spacial score (nSPS) is 21.3. The maximum absolute atomic E-state index is 12.6. The highest BCUT2D eigenvalue weighted by Gasteiger charge is 2.41. The van der Waals surface area contributed by atoms with Crippen molar-refractivity contribution in [3.63, 3.8) is 0 Å². The highest BCUT2D eigenvalue weighted by Crippen LogP contribution is 2.28. The first-order chi connectivity index (χ1) is 11.4. The summed E-state index contributed by atoms with van der Waals surface area (Å²) in [6, 6.07) is -0.799. The van der Waals surface area contributed by atoms with Gasteiger partial charge in [0.25, 0.3) is 0 Å². The standard InChI is InChI=1S/C16H26N4O4S/c1-15(2,3)12-18-19-13(25-12)17-11(22)10-7-9(21)8-20(10)14(23)24-16(4,5)6/h9-10,21H,7-8H2,1-6H3,(H,17,19,22)/t9-,10+/m1/s1. The van der Waals surface area contributed by atoms with Gasteiger partial charge in [-0.05, 0) is 20.8 Å².